The number of hydrogen-bond donors (Lipinski definition) is 3. The van der Waals surface area contributed by atoms with Crippen LogP contribution in [0.25, 0.3) is 10.8 Å². The Labute approximate surface area is 202 Å². The van der Waals surface area contributed by atoms with E-state index in [2.05, 4.69) is 30.3 Å². The summed E-state index contributed by atoms with van der Waals surface area (Å²) < 4.78 is 90.4. The van der Waals surface area contributed by atoms with Gasteiger partial charge in [0.05, 0.1) is 27.8 Å². The van der Waals surface area contributed by atoms with E-state index in [1.54, 1.807) is 0 Å². The van der Waals surface area contributed by atoms with E-state index in [1.807, 2.05) is 0 Å². The SMILES string of the molecule is O=S(=O)(O)OCCS(=O)(=O)c1ccc(/N=N/c2c(O)ccc3cc(S(=O)(=O)O)ccc23)c(Br)c1. The number of halogens is 1. The summed E-state index contributed by atoms with van der Waals surface area (Å²) in [7, 11) is -13.2. The van der Waals surface area contributed by atoms with Crippen molar-refractivity contribution in [1.29, 1.82) is 0 Å². The number of nitrogens with zero attached hydrogens (tertiary/aromatic N) is 2. The number of benzene rings is 3. The number of aromatic hydroxyl groups is 1. The summed E-state index contributed by atoms with van der Waals surface area (Å²) in [5.41, 5.74) is 0.185. The summed E-state index contributed by atoms with van der Waals surface area (Å²) in [4.78, 5) is -0.516. The van der Waals surface area contributed by atoms with E-state index in [4.69, 9.17) is 4.55 Å². The molecule has 3 aromatic carbocycles. The Morgan fingerprint density at radius 1 is 0.853 bits per heavy atom. The molecule has 0 saturated carbocycles. The molecule has 0 spiro atoms. The Kier molecular flexibility index (Phi) is 7.42. The lowest BCUT2D eigenvalue weighted by Crippen LogP contribution is -2.15. The molecule has 0 atom stereocenters. The maximum absolute atomic E-state index is 12.3. The van der Waals surface area contributed by atoms with Crippen molar-refractivity contribution < 1.29 is 43.6 Å². The first-order chi connectivity index (χ1) is 15.7. The standard InChI is InChI=1S/C18H15BrN2O10S3/c19-15-10-12(32(23,24)8-7-31-34(28,29)30)3-5-16(15)20-21-18-14-4-2-13(33(25,26)27)9-11(14)1-6-17(18)22/h1-6,9-10,22H,7-8H2,(H,25,26,27)(H,28,29,30)/b21-20+. The van der Waals surface area contributed by atoms with E-state index >= 15 is 0 Å². The van der Waals surface area contributed by atoms with Gasteiger partial charge in [0.2, 0.25) is 0 Å². The number of phenols is 1. The van der Waals surface area contributed by atoms with Crippen LogP contribution in [-0.2, 0) is 34.5 Å². The molecule has 3 aromatic rings. The van der Waals surface area contributed by atoms with Gasteiger partial charge < -0.3 is 5.11 Å². The molecule has 0 unspecified atom stereocenters. The van der Waals surface area contributed by atoms with Crippen LogP contribution in [-0.4, -0.2) is 51.8 Å². The molecule has 0 radical (unpaired) electrons. The van der Waals surface area contributed by atoms with Crippen LogP contribution in [0.4, 0.5) is 11.4 Å². The summed E-state index contributed by atoms with van der Waals surface area (Å²) in [5.74, 6) is -0.972. The van der Waals surface area contributed by atoms with Gasteiger partial charge in [0.15, 0.2) is 9.84 Å². The number of fused-ring (bicyclic) bond motifs is 1. The highest BCUT2D eigenvalue weighted by atomic mass is 79.9. The predicted molar refractivity (Wildman–Crippen MR) is 123 cm³/mol. The molecule has 0 aromatic heterocycles. The molecule has 3 rings (SSSR count). The van der Waals surface area contributed by atoms with Crippen LogP contribution in [0.1, 0.15) is 0 Å². The minimum atomic E-state index is -4.77. The van der Waals surface area contributed by atoms with Gasteiger partial charge in [-0.2, -0.15) is 16.8 Å². The Morgan fingerprint density at radius 3 is 2.15 bits per heavy atom. The van der Waals surface area contributed by atoms with Crippen LogP contribution in [0.3, 0.4) is 0 Å². The van der Waals surface area contributed by atoms with Gasteiger partial charge in [0.25, 0.3) is 10.1 Å². The Morgan fingerprint density at radius 2 is 1.53 bits per heavy atom. The predicted octanol–water partition coefficient (Wildman–Crippen LogP) is 3.56. The molecule has 3 N–H and O–H groups in total. The lowest BCUT2D eigenvalue weighted by Gasteiger charge is -2.07. The van der Waals surface area contributed by atoms with E-state index in [0.717, 1.165) is 6.07 Å². The smallest absolute Gasteiger partial charge is 0.397 e. The maximum atomic E-state index is 12.3. The summed E-state index contributed by atoms with van der Waals surface area (Å²) in [6.45, 7) is -0.778. The number of phenolic OH excluding ortho intramolecular Hbond substituents is 1. The molecule has 0 amide bonds. The van der Waals surface area contributed by atoms with Crippen LogP contribution in [0.15, 0.2) is 73.0 Å². The minimum absolute atomic E-state index is 0.00495. The molecule has 0 saturated heterocycles. The summed E-state index contributed by atoms with van der Waals surface area (Å²) in [6, 6.07) is 10.1. The minimum Gasteiger partial charge on any atom is -0.506 e. The quantitative estimate of drug-likeness (QED) is 0.256. The van der Waals surface area contributed by atoms with Gasteiger partial charge in [0.1, 0.15) is 11.4 Å². The third-order valence-electron chi connectivity index (χ3n) is 4.36. The van der Waals surface area contributed by atoms with Gasteiger partial charge >= 0.3 is 10.4 Å². The van der Waals surface area contributed by atoms with Gasteiger partial charge in [-0.3, -0.25) is 9.11 Å². The van der Waals surface area contributed by atoms with Crippen molar-refractivity contribution >= 4 is 68.4 Å². The van der Waals surface area contributed by atoms with E-state index in [0.29, 0.717) is 10.8 Å². The number of azo groups is 1. The average Bonchev–Trinajstić information content (AvgIpc) is 2.71. The van der Waals surface area contributed by atoms with Crippen LogP contribution >= 0.6 is 15.9 Å². The van der Waals surface area contributed by atoms with Crippen molar-refractivity contribution in [2.45, 2.75) is 9.79 Å². The summed E-state index contributed by atoms with van der Waals surface area (Å²) >= 11 is 3.17. The first-order valence-electron chi connectivity index (χ1n) is 8.96. The zero-order chi connectivity index (χ0) is 25.3. The number of hydrogen-bond acceptors (Lipinski definition) is 10. The normalized spacial score (nSPS) is 13.0. The molecular formula is C18H15BrN2O10S3. The van der Waals surface area contributed by atoms with Crippen molar-refractivity contribution in [3.8, 4) is 5.75 Å². The van der Waals surface area contributed by atoms with Gasteiger partial charge in [-0.25, -0.2) is 12.6 Å². The van der Waals surface area contributed by atoms with Crippen molar-refractivity contribution in [3.05, 3.63) is 53.0 Å². The fraction of sp³-hybridized carbons (Fsp3) is 0.111. The van der Waals surface area contributed by atoms with E-state index < -0.39 is 42.7 Å². The average molecular weight is 595 g/mol. The molecule has 12 nitrogen and oxygen atoms in total. The topological polar surface area (TPSA) is 197 Å². The van der Waals surface area contributed by atoms with Gasteiger partial charge in [-0.05, 0) is 57.7 Å². The third-order valence-corrected chi connectivity index (χ3v) is 7.99. The fourth-order valence-electron chi connectivity index (χ4n) is 2.78. The highest BCUT2D eigenvalue weighted by molar-refractivity contribution is 9.10. The Hall–Kier alpha value is -2.47. The molecular weight excluding hydrogens is 580 g/mol. The molecule has 0 heterocycles. The third kappa shape index (κ3) is 6.35. The van der Waals surface area contributed by atoms with E-state index in [1.165, 1.54) is 42.5 Å². The van der Waals surface area contributed by atoms with Crippen molar-refractivity contribution in [2.75, 3.05) is 12.4 Å². The van der Waals surface area contributed by atoms with Crippen molar-refractivity contribution in [1.82, 2.24) is 0 Å². The monoisotopic (exact) mass is 594 g/mol. The molecule has 34 heavy (non-hydrogen) atoms. The molecule has 0 aliphatic heterocycles. The Bertz CT molecular complexity index is 1620. The van der Waals surface area contributed by atoms with Crippen molar-refractivity contribution in [2.24, 2.45) is 10.2 Å². The number of sulfone groups is 1. The van der Waals surface area contributed by atoms with Crippen LogP contribution < -0.4 is 0 Å². The maximum Gasteiger partial charge on any atom is 0.397 e. The van der Waals surface area contributed by atoms with E-state index in [9.17, 15) is 34.9 Å². The summed E-state index contributed by atoms with van der Waals surface area (Å²) in [6.07, 6.45) is 0. The van der Waals surface area contributed by atoms with Gasteiger partial charge in [0, 0.05) is 9.86 Å². The molecule has 0 aliphatic carbocycles. The lowest BCUT2D eigenvalue weighted by molar-refractivity contribution is 0.284. The van der Waals surface area contributed by atoms with Crippen LogP contribution in [0, 0.1) is 0 Å². The lowest BCUT2D eigenvalue weighted by atomic mass is 10.1. The second-order valence-electron chi connectivity index (χ2n) is 6.67. The first-order valence-corrected chi connectivity index (χ1v) is 14.2. The van der Waals surface area contributed by atoms with Crippen LogP contribution in [0.2, 0.25) is 0 Å². The molecule has 0 bridgehead atoms. The first kappa shape index (κ1) is 26.1. The van der Waals surface area contributed by atoms with Gasteiger partial charge in [-0.1, -0.05) is 12.1 Å². The molecule has 0 fully saturated rings. The Balaban J connectivity index is 1.91. The zero-order valence-electron chi connectivity index (χ0n) is 16.7. The summed E-state index contributed by atoms with van der Waals surface area (Å²) in [5, 5.41) is 18.9. The molecule has 182 valence electrons. The highest BCUT2D eigenvalue weighted by Crippen LogP contribution is 2.38. The van der Waals surface area contributed by atoms with Crippen molar-refractivity contribution in [3.63, 3.8) is 0 Å². The largest absolute Gasteiger partial charge is 0.506 e. The van der Waals surface area contributed by atoms with Gasteiger partial charge in [-0.15, -0.1) is 10.2 Å². The number of rotatable bonds is 8. The molecule has 16 heteroatoms. The van der Waals surface area contributed by atoms with Crippen LogP contribution in [0.5, 0.6) is 5.75 Å². The zero-order valence-corrected chi connectivity index (χ0v) is 20.8. The van der Waals surface area contributed by atoms with E-state index in [-0.39, 0.29) is 31.4 Å². The second-order valence-corrected chi connectivity index (χ2v) is 12.1. The second kappa shape index (κ2) is 9.65. The highest BCUT2D eigenvalue weighted by Gasteiger charge is 2.18. The fourth-order valence-corrected chi connectivity index (χ4v) is 5.41. The molecule has 0 aliphatic rings.